The number of nitrogens with zero attached hydrogens (tertiary/aromatic N) is 4. The molecular weight excluding hydrogens is 391 g/mol. The summed E-state index contributed by atoms with van der Waals surface area (Å²) in [5, 5.41) is 9.65. The van der Waals surface area contributed by atoms with Crippen molar-refractivity contribution in [2.24, 2.45) is 0 Å². The largest absolute Gasteiger partial charge is 0.383 e. The summed E-state index contributed by atoms with van der Waals surface area (Å²) in [6.45, 7) is 1.41. The lowest BCUT2D eigenvalue weighted by Gasteiger charge is -2.21. The summed E-state index contributed by atoms with van der Waals surface area (Å²) in [5.41, 5.74) is 2.41. The molecular formula is C21H21FN4O2S. The molecule has 29 heavy (non-hydrogen) atoms. The van der Waals surface area contributed by atoms with Crippen LogP contribution in [0, 0.1) is 17.1 Å². The fourth-order valence-electron chi connectivity index (χ4n) is 2.95. The Bertz CT molecular complexity index is 1010. The van der Waals surface area contributed by atoms with Crippen molar-refractivity contribution in [1.29, 1.82) is 5.26 Å². The standard InChI is InChI=1S/C21H21FN4O2S/c1-28-14-13-26-19-6-3-2-5-18(19)24-21(26)29-15-20(27)25(12-4-11-23)17-9-7-16(22)8-10-17/h2-3,5-10H,4,12-15H2,1H3. The zero-order valence-electron chi connectivity index (χ0n) is 16.0. The summed E-state index contributed by atoms with van der Waals surface area (Å²) in [7, 11) is 1.64. The third kappa shape index (κ3) is 5.13. The summed E-state index contributed by atoms with van der Waals surface area (Å²) >= 11 is 1.34. The fourth-order valence-corrected chi connectivity index (χ4v) is 3.86. The molecule has 6 nitrogen and oxygen atoms in total. The monoisotopic (exact) mass is 412 g/mol. The highest BCUT2D eigenvalue weighted by atomic mass is 32.2. The Morgan fingerprint density at radius 2 is 2.03 bits per heavy atom. The number of rotatable bonds is 9. The summed E-state index contributed by atoms with van der Waals surface area (Å²) < 4.78 is 20.5. The number of anilines is 1. The van der Waals surface area contributed by atoms with E-state index in [2.05, 4.69) is 11.1 Å². The lowest BCUT2D eigenvalue weighted by atomic mass is 10.2. The quantitative estimate of drug-likeness (QED) is 0.499. The van der Waals surface area contributed by atoms with E-state index in [1.807, 2.05) is 28.8 Å². The molecule has 0 aliphatic heterocycles. The highest BCUT2D eigenvalue weighted by Gasteiger charge is 2.18. The minimum atomic E-state index is -0.373. The maximum absolute atomic E-state index is 13.2. The van der Waals surface area contributed by atoms with Crippen molar-refractivity contribution < 1.29 is 13.9 Å². The van der Waals surface area contributed by atoms with Crippen LogP contribution in [0.15, 0.2) is 53.7 Å². The maximum Gasteiger partial charge on any atom is 0.237 e. The van der Waals surface area contributed by atoms with E-state index in [4.69, 9.17) is 10.00 Å². The Hall–Kier alpha value is -2.89. The van der Waals surface area contributed by atoms with Crippen molar-refractivity contribution in [3.63, 3.8) is 0 Å². The van der Waals surface area contributed by atoms with E-state index in [9.17, 15) is 9.18 Å². The number of aromatic nitrogens is 2. The van der Waals surface area contributed by atoms with E-state index in [1.54, 1.807) is 19.2 Å². The van der Waals surface area contributed by atoms with Gasteiger partial charge in [-0.3, -0.25) is 4.79 Å². The van der Waals surface area contributed by atoms with Gasteiger partial charge in [0.15, 0.2) is 5.16 Å². The first-order chi connectivity index (χ1) is 14.1. The Labute approximate surface area is 172 Å². The van der Waals surface area contributed by atoms with Gasteiger partial charge < -0.3 is 14.2 Å². The van der Waals surface area contributed by atoms with Gasteiger partial charge in [-0.05, 0) is 36.4 Å². The zero-order valence-corrected chi connectivity index (χ0v) is 16.9. The molecule has 0 saturated heterocycles. The number of imidazole rings is 1. The number of hydrogen-bond acceptors (Lipinski definition) is 5. The van der Waals surface area contributed by atoms with Crippen LogP contribution in [0.25, 0.3) is 11.0 Å². The number of methoxy groups -OCH3 is 1. The van der Waals surface area contributed by atoms with E-state index in [0.717, 1.165) is 16.2 Å². The summed E-state index contributed by atoms with van der Waals surface area (Å²) in [6.07, 6.45) is 0.195. The minimum Gasteiger partial charge on any atom is -0.383 e. The molecule has 0 aliphatic rings. The SMILES string of the molecule is COCCn1c(SCC(=O)N(CCC#N)c2ccc(F)cc2)nc2ccccc21. The Kier molecular flexibility index (Phi) is 7.22. The van der Waals surface area contributed by atoms with Crippen molar-refractivity contribution in [3.05, 3.63) is 54.3 Å². The predicted molar refractivity (Wildman–Crippen MR) is 111 cm³/mol. The number of hydrogen-bond donors (Lipinski definition) is 0. The number of carbonyl (C=O) groups is 1. The molecule has 0 unspecified atom stereocenters. The first kappa shape index (κ1) is 20.8. The normalized spacial score (nSPS) is 10.8. The van der Waals surface area contributed by atoms with Crippen molar-refractivity contribution in [1.82, 2.24) is 9.55 Å². The molecule has 2 aromatic carbocycles. The van der Waals surface area contributed by atoms with Gasteiger partial charge >= 0.3 is 0 Å². The second-order valence-corrected chi connectivity index (χ2v) is 7.19. The Morgan fingerprint density at radius 1 is 1.28 bits per heavy atom. The van der Waals surface area contributed by atoms with E-state index >= 15 is 0 Å². The lowest BCUT2D eigenvalue weighted by Crippen LogP contribution is -2.33. The molecule has 1 aromatic heterocycles. The number of fused-ring (bicyclic) bond motifs is 1. The number of halogens is 1. The Balaban J connectivity index is 1.78. The van der Waals surface area contributed by atoms with Crippen LogP contribution in [0.1, 0.15) is 6.42 Å². The highest BCUT2D eigenvalue weighted by Crippen LogP contribution is 2.25. The molecule has 3 rings (SSSR count). The van der Waals surface area contributed by atoms with Crippen molar-refractivity contribution in [2.45, 2.75) is 18.1 Å². The third-order valence-electron chi connectivity index (χ3n) is 4.35. The summed E-state index contributed by atoms with van der Waals surface area (Å²) in [5.74, 6) is -0.385. The molecule has 0 fully saturated rings. The van der Waals surface area contributed by atoms with Crippen LogP contribution in [0.5, 0.6) is 0 Å². The lowest BCUT2D eigenvalue weighted by molar-refractivity contribution is -0.116. The molecule has 150 valence electrons. The van der Waals surface area contributed by atoms with E-state index < -0.39 is 0 Å². The van der Waals surface area contributed by atoms with Crippen molar-refractivity contribution >= 4 is 34.4 Å². The number of thioether (sulfide) groups is 1. The van der Waals surface area contributed by atoms with Crippen molar-refractivity contribution in [2.75, 3.05) is 30.9 Å². The number of benzene rings is 2. The fraction of sp³-hybridized carbons (Fsp3) is 0.286. The molecule has 0 N–H and O–H groups in total. The topological polar surface area (TPSA) is 71.2 Å². The van der Waals surface area contributed by atoms with Crippen LogP contribution >= 0.6 is 11.8 Å². The molecule has 1 amide bonds. The van der Waals surface area contributed by atoms with Gasteiger partial charge in [-0.15, -0.1) is 0 Å². The smallest absolute Gasteiger partial charge is 0.237 e. The van der Waals surface area contributed by atoms with Crippen molar-refractivity contribution in [3.8, 4) is 6.07 Å². The van der Waals surface area contributed by atoms with Gasteiger partial charge in [-0.25, -0.2) is 9.37 Å². The molecule has 0 spiro atoms. The minimum absolute atomic E-state index is 0.152. The number of ether oxygens (including phenoxy) is 1. The molecule has 3 aromatic rings. The number of amides is 1. The van der Waals surface area contributed by atoms with Gasteiger partial charge in [0.05, 0.1) is 35.9 Å². The molecule has 0 atom stereocenters. The number of carbonyl (C=O) groups excluding carboxylic acids is 1. The second-order valence-electron chi connectivity index (χ2n) is 6.25. The van der Waals surface area contributed by atoms with Gasteiger partial charge in [0.2, 0.25) is 5.91 Å². The Morgan fingerprint density at radius 3 is 2.76 bits per heavy atom. The average molecular weight is 412 g/mol. The first-order valence-corrected chi connectivity index (χ1v) is 10.1. The third-order valence-corrected chi connectivity index (χ3v) is 5.31. The van der Waals surface area contributed by atoms with Crippen LogP contribution < -0.4 is 4.90 Å². The molecule has 0 aliphatic carbocycles. The number of para-hydroxylation sites is 2. The average Bonchev–Trinajstić information content (AvgIpc) is 3.09. The molecule has 8 heteroatoms. The van der Waals surface area contributed by atoms with E-state index in [0.29, 0.717) is 18.8 Å². The van der Waals surface area contributed by atoms with Gasteiger partial charge in [0, 0.05) is 25.9 Å². The highest BCUT2D eigenvalue weighted by molar-refractivity contribution is 7.99. The van der Waals surface area contributed by atoms with Gasteiger partial charge in [0.1, 0.15) is 5.82 Å². The van der Waals surface area contributed by atoms with Crippen LogP contribution in [0.4, 0.5) is 10.1 Å². The van der Waals surface area contributed by atoms with E-state index in [-0.39, 0.29) is 30.4 Å². The summed E-state index contributed by atoms with van der Waals surface area (Å²) in [4.78, 5) is 19.0. The molecule has 0 saturated carbocycles. The molecule has 0 bridgehead atoms. The van der Waals surface area contributed by atoms with Crippen LogP contribution in [0.3, 0.4) is 0 Å². The van der Waals surface area contributed by atoms with Crippen LogP contribution in [0.2, 0.25) is 0 Å². The van der Waals surface area contributed by atoms with Gasteiger partial charge in [-0.2, -0.15) is 5.26 Å². The molecule has 0 radical (unpaired) electrons. The zero-order chi connectivity index (χ0) is 20.6. The number of nitriles is 1. The van der Waals surface area contributed by atoms with E-state index in [1.165, 1.54) is 28.8 Å². The second kappa shape index (κ2) is 10.0. The summed E-state index contributed by atoms with van der Waals surface area (Å²) in [6, 6.07) is 15.5. The maximum atomic E-state index is 13.2. The molecule has 1 heterocycles. The van der Waals surface area contributed by atoms with Crippen LogP contribution in [-0.2, 0) is 16.1 Å². The first-order valence-electron chi connectivity index (χ1n) is 9.14. The predicted octanol–water partition coefficient (Wildman–Crippen LogP) is 3.86. The van der Waals surface area contributed by atoms with Gasteiger partial charge in [-0.1, -0.05) is 23.9 Å². The van der Waals surface area contributed by atoms with Crippen LogP contribution in [-0.4, -0.2) is 41.5 Å². The van der Waals surface area contributed by atoms with Gasteiger partial charge in [0.25, 0.3) is 0 Å².